The number of carbonyl (C=O) groups excluding carboxylic acids is 2. The highest BCUT2D eigenvalue weighted by molar-refractivity contribution is 5.94. The Labute approximate surface area is 278 Å². The molecule has 0 saturated heterocycles. The molecule has 3 aromatic carbocycles. The Hall–Kier alpha value is -4.96. The van der Waals surface area contributed by atoms with E-state index in [0.717, 1.165) is 47.6 Å². The van der Waals surface area contributed by atoms with Crippen molar-refractivity contribution in [3.05, 3.63) is 101 Å². The van der Waals surface area contributed by atoms with Gasteiger partial charge in [0.2, 0.25) is 5.95 Å². The topological polar surface area (TPSA) is 100 Å². The molecule has 4 aromatic rings. The van der Waals surface area contributed by atoms with Crippen LogP contribution in [0.25, 0.3) is 0 Å². The molecule has 0 aliphatic carbocycles. The van der Waals surface area contributed by atoms with Crippen molar-refractivity contribution in [2.45, 2.75) is 41.0 Å². The molecular formula is C37H46N6O4. The van der Waals surface area contributed by atoms with E-state index >= 15 is 0 Å². The highest BCUT2D eigenvalue weighted by atomic mass is 16.6. The maximum absolute atomic E-state index is 13.7. The second-order valence-electron chi connectivity index (χ2n) is 11.5. The van der Waals surface area contributed by atoms with Gasteiger partial charge in [0.15, 0.2) is 0 Å². The van der Waals surface area contributed by atoms with Crippen LogP contribution in [0.5, 0.6) is 11.5 Å². The SMILES string of the molecule is CCN(CC)CCN(C)C(=O)c1ccc(Nc2nccc(N(CCc3ccc(OC)cc3)C(=O)Oc3c(C)cc(C)cc3C)n2)cc1. The second kappa shape index (κ2) is 16.6. The van der Waals surface area contributed by atoms with Gasteiger partial charge in [-0.05, 0) is 99.4 Å². The lowest BCUT2D eigenvalue weighted by atomic mass is 10.1. The van der Waals surface area contributed by atoms with Gasteiger partial charge in [0, 0.05) is 44.1 Å². The Morgan fingerprint density at radius 1 is 0.851 bits per heavy atom. The fourth-order valence-electron chi connectivity index (χ4n) is 5.34. The minimum Gasteiger partial charge on any atom is -0.497 e. The Morgan fingerprint density at radius 2 is 1.51 bits per heavy atom. The zero-order chi connectivity index (χ0) is 33.9. The summed E-state index contributed by atoms with van der Waals surface area (Å²) in [5, 5.41) is 3.20. The monoisotopic (exact) mass is 638 g/mol. The van der Waals surface area contributed by atoms with Crippen LogP contribution in [0.2, 0.25) is 0 Å². The van der Waals surface area contributed by atoms with Gasteiger partial charge in [-0.25, -0.2) is 9.78 Å². The molecule has 47 heavy (non-hydrogen) atoms. The van der Waals surface area contributed by atoms with Gasteiger partial charge < -0.3 is 24.6 Å². The standard InChI is InChI=1S/C37H46N6O4/c1-8-42(9-2)23-22-41(6)35(44)30-12-14-31(15-13-30)39-36-38-20-18-33(40-36)43(21-19-29-10-16-32(46-7)17-11-29)37(45)47-34-27(4)24-26(3)25-28(34)5/h10-18,20,24-25H,8-9,19,21-23H2,1-7H3,(H,38,39,40). The van der Waals surface area contributed by atoms with E-state index in [1.54, 1.807) is 36.4 Å². The third kappa shape index (κ3) is 9.52. The number of amides is 2. The van der Waals surface area contributed by atoms with Crippen LogP contribution >= 0.6 is 0 Å². The van der Waals surface area contributed by atoms with Crippen LogP contribution in [0.3, 0.4) is 0 Å². The van der Waals surface area contributed by atoms with Crippen molar-refractivity contribution in [1.29, 1.82) is 0 Å². The second-order valence-corrected chi connectivity index (χ2v) is 11.5. The molecule has 0 bridgehead atoms. The number of hydrogen-bond donors (Lipinski definition) is 1. The lowest BCUT2D eigenvalue weighted by Crippen LogP contribution is -2.36. The van der Waals surface area contributed by atoms with Crippen LogP contribution in [-0.2, 0) is 6.42 Å². The van der Waals surface area contributed by atoms with E-state index in [2.05, 4.69) is 34.0 Å². The van der Waals surface area contributed by atoms with Gasteiger partial charge in [0.05, 0.1) is 7.11 Å². The number of carbonyl (C=O) groups is 2. The molecule has 4 rings (SSSR count). The molecule has 1 heterocycles. The molecule has 10 heteroatoms. The number of rotatable bonds is 14. The van der Waals surface area contributed by atoms with Crippen molar-refractivity contribution in [3.63, 3.8) is 0 Å². The molecule has 0 fully saturated rings. The Bertz CT molecular complexity index is 1610. The summed E-state index contributed by atoms with van der Waals surface area (Å²) in [7, 11) is 3.45. The average Bonchev–Trinajstić information content (AvgIpc) is 3.07. The molecule has 248 valence electrons. The van der Waals surface area contributed by atoms with Crippen LogP contribution in [0.4, 0.5) is 22.2 Å². The first-order chi connectivity index (χ1) is 22.6. The number of likely N-dealkylation sites (N-methyl/N-ethyl adjacent to an activating group) is 2. The summed E-state index contributed by atoms with van der Waals surface area (Å²) in [5.41, 5.74) is 5.21. The molecule has 10 nitrogen and oxygen atoms in total. The summed E-state index contributed by atoms with van der Waals surface area (Å²) < 4.78 is 11.3. The Kier molecular flexibility index (Phi) is 12.3. The summed E-state index contributed by atoms with van der Waals surface area (Å²) in [4.78, 5) is 41.3. The Balaban J connectivity index is 1.51. The highest BCUT2D eigenvalue weighted by Gasteiger charge is 2.22. The van der Waals surface area contributed by atoms with Gasteiger partial charge in [-0.2, -0.15) is 4.98 Å². The Morgan fingerprint density at radius 3 is 2.13 bits per heavy atom. The van der Waals surface area contributed by atoms with E-state index in [4.69, 9.17) is 9.47 Å². The van der Waals surface area contributed by atoms with Gasteiger partial charge in [0.25, 0.3) is 5.91 Å². The van der Waals surface area contributed by atoms with Crippen molar-refractivity contribution in [2.75, 3.05) is 57.1 Å². The lowest BCUT2D eigenvalue weighted by Gasteiger charge is -2.23. The number of hydrogen-bond acceptors (Lipinski definition) is 8. The molecule has 0 radical (unpaired) electrons. The van der Waals surface area contributed by atoms with Crippen molar-refractivity contribution in [2.24, 2.45) is 0 Å². The first-order valence-corrected chi connectivity index (χ1v) is 16.0. The quantitative estimate of drug-likeness (QED) is 0.161. The van der Waals surface area contributed by atoms with E-state index in [1.165, 1.54) is 4.90 Å². The number of ether oxygens (including phenoxy) is 2. The molecule has 0 spiro atoms. The molecule has 1 aromatic heterocycles. The number of methoxy groups -OCH3 is 1. The summed E-state index contributed by atoms with van der Waals surface area (Å²) in [5.74, 6) is 1.97. The predicted octanol–water partition coefficient (Wildman–Crippen LogP) is 6.82. The van der Waals surface area contributed by atoms with Crippen molar-refractivity contribution < 1.29 is 19.1 Å². The zero-order valence-corrected chi connectivity index (χ0v) is 28.5. The van der Waals surface area contributed by atoms with Crippen molar-refractivity contribution in [3.8, 4) is 11.5 Å². The van der Waals surface area contributed by atoms with Gasteiger partial charge in [0.1, 0.15) is 17.3 Å². The normalized spacial score (nSPS) is 10.9. The fraction of sp³-hybridized carbons (Fsp3) is 0.351. The van der Waals surface area contributed by atoms with Gasteiger partial charge >= 0.3 is 6.09 Å². The van der Waals surface area contributed by atoms with E-state index in [1.807, 2.05) is 76.3 Å². The minimum atomic E-state index is -0.536. The van der Waals surface area contributed by atoms with Crippen LogP contribution < -0.4 is 19.7 Å². The maximum atomic E-state index is 13.7. The van der Waals surface area contributed by atoms with E-state index in [0.29, 0.717) is 48.3 Å². The largest absolute Gasteiger partial charge is 0.497 e. The fourth-order valence-corrected chi connectivity index (χ4v) is 5.34. The number of benzene rings is 3. The summed E-state index contributed by atoms with van der Waals surface area (Å²) in [6, 6.07) is 20.6. The minimum absolute atomic E-state index is 0.0352. The van der Waals surface area contributed by atoms with Crippen LogP contribution in [0, 0.1) is 20.8 Å². The van der Waals surface area contributed by atoms with E-state index in [-0.39, 0.29) is 5.91 Å². The summed E-state index contributed by atoms with van der Waals surface area (Å²) in [6.07, 6.45) is 1.63. The predicted molar refractivity (Wildman–Crippen MR) is 187 cm³/mol. The molecular weight excluding hydrogens is 592 g/mol. The number of aryl methyl sites for hydroxylation is 3. The summed E-state index contributed by atoms with van der Waals surface area (Å²) in [6.45, 7) is 13.8. The third-order valence-corrected chi connectivity index (χ3v) is 8.10. The molecule has 1 N–H and O–H groups in total. The van der Waals surface area contributed by atoms with Gasteiger partial charge in [-0.3, -0.25) is 9.69 Å². The molecule has 0 saturated carbocycles. The zero-order valence-electron chi connectivity index (χ0n) is 28.5. The van der Waals surface area contributed by atoms with E-state index in [9.17, 15) is 9.59 Å². The number of aromatic nitrogens is 2. The van der Waals surface area contributed by atoms with E-state index < -0.39 is 6.09 Å². The molecule has 0 atom stereocenters. The van der Waals surface area contributed by atoms with Crippen molar-refractivity contribution >= 4 is 29.5 Å². The number of nitrogens with zero attached hydrogens (tertiary/aromatic N) is 5. The van der Waals surface area contributed by atoms with Crippen molar-refractivity contribution in [1.82, 2.24) is 19.8 Å². The van der Waals surface area contributed by atoms with Crippen LogP contribution in [0.15, 0.2) is 72.9 Å². The number of nitrogens with one attached hydrogen (secondary N) is 1. The van der Waals surface area contributed by atoms with Crippen LogP contribution in [0.1, 0.15) is 46.5 Å². The first-order valence-electron chi connectivity index (χ1n) is 16.0. The van der Waals surface area contributed by atoms with Gasteiger partial charge in [-0.1, -0.05) is 43.7 Å². The summed E-state index contributed by atoms with van der Waals surface area (Å²) >= 11 is 0. The van der Waals surface area contributed by atoms with Gasteiger partial charge in [-0.15, -0.1) is 0 Å². The molecule has 2 amide bonds. The molecule has 0 aliphatic rings. The lowest BCUT2D eigenvalue weighted by molar-refractivity contribution is 0.0779. The maximum Gasteiger partial charge on any atom is 0.420 e. The highest BCUT2D eigenvalue weighted by Crippen LogP contribution is 2.27. The van der Waals surface area contributed by atoms with Crippen LogP contribution in [-0.4, -0.2) is 78.6 Å². The third-order valence-electron chi connectivity index (χ3n) is 8.10. The smallest absolute Gasteiger partial charge is 0.420 e. The average molecular weight is 639 g/mol. The molecule has 0 aliphatic heterocycles. The number of anilines is 3. The first kappa shape index (κ1) is 34.9. The molecule has 0 unspecified atom stereocenters.